The summed E-state index contributed by atoms with van der Waals surface area (Å²) >= 11 is 1.76. The summed E-state index contributed by atoms with van der Waals surface area (Å²) in [6, 6.07) is 0. The Morgan fingerprint density at radius 1 is 1.65 bits per heavy atom. The summed E-state index contributed by atoms with van der Waals surface area (Å²) in [6.07, 6.45) is 1.23. The molecule has 4 nitrogen and oxygen atoms in total. The van der Waals surface area contributed by atoms with Crippen molar-refractivity contribution in [1.82, 2.24) is 9.88 Å². The number of likely N-dealkylation sites (N-methyl/N-ethyl adjacent to an activating group) is 1. The predicted molar refractivity (Wildman–Crippen MR) is 68.5 cm³/mol. The number of aromatic nitrogens is 1. The van der Waals surface area contributed by atoms with Gasteiger partial charge in [0.2, 0.25) is 0 Å². The van der Waals surface area contributed by atoms with Gasteiger partial charge in [-0.25, -0.2) is 4.98 Å². The van der Waals surface area contributed by atoms with Gasteiger partial charge in [0, 0.05) is 24.4 Å². The highest BCUT2D eigenvalue weighted by molar-refractivity contribution is 7.09. The molecule has 17 heavy (non-hydrogen) atoms. The molecule has 0 aliphatic carbocycles. The van der Waals surface area contributed by atoms with Crippen LogP contribution in [0.1, 0.15) is 23.0 Å². The van der Waals surface area contributed by atoms with Gasteiger partial charge in [-0.3, -0.25) is 0 Å². The zero-order valence-corrected chi connectivity index (χ0v) is 11.0. The first-order valence-corrected chi connectivity index (χ1v) is 7.04. The third kappa shape index (κ3) is 1.91. The van der Waals surface area contributed by atoms with Crippen LogP contribution in [0, 0.1) is 0 Å². The van der Waals surface area contributed by atoms with E-state index in [4.69, 9.17) is 15.5 Å². The highest BCUT2D eigenvalue weighted by Crippen LogP contribution is 2.36. The molecule has 0 radical (unpaired) electrons. The quantitative estimate of drug-likeness (QED) is 0.865. The fraction of sp³-hybridized carbons (Fsp3) is 0.750. The Bertz CT molecular complexity index is 397. The Hall–Kier alpha value is -0.490. The molecule has 1 unspecified atom stereocenters. The van der Waals surface area contributed by atoms with Crippen LogP contribution in [0.2, 0.25) is 0 Å². The largest absolute Gasteiger partial charge is 0.379 e. The number of nitrogens with two attached hydrogens (primary N) is 1. The van der Waals surface area contributed by atoms with Gasteiger partial charge in [-0.1, -0.05) is 0 Å². The second kappa shape index (κ2) is 4.31. The van der Waals surface area contributed by atoms with Crippen molar-refractivity contribution in [1.29, 1.82) is 0 Å². The van der Waals surface area contributed by atoms with E-state index in [1.54, 1.807) is 11.3 Å². The normalized spacial score (nSPS) is 28.2. The fourth-order valence-electron chi connectivity index (χ4n) is 2.57. The number of hydrogen-bond acceptors (Lipinski definition) is 5. The van der Waals surface area contributed by atoms with Crippen molar-refractivity contribution in [3.05, 3.63) is 16.1 Å². The van der Waals surface area contributed by atoms with E-state index in [0.717, 1.165) is 19.8 Å². The molecule has 2 aliphatic heterocycles. The van der Waals surface area contributed by atoms with Crippen LogP contribution in [0.4, 0.5) is 0 Å². The Morgan fingerprint density at radius 2 is 2.47 bits per heavy atom. The molecule has 94 valence electrons. The molecule has 1 atom stereocenters. The molecule has 1 aromatic heterocycles. The van der Waals surface area contributed by atoms with E-state index < -0.39 is 0 Å². The van der Waals surface area contributed by atoms with Crippen molar-refractivity contribution in [2.24, 2.45) is 5.73 Å². The Labute approximate surface area is 106 Å². The van der Waals surface area contributed by atoms with Gasteiger partial charge in [0.05, 0.1) is 24.3 Å². The minimum atomic E-state index is 0.0213. The predicted octanol–water partition coefficient (Wildman–Crippen LogP) is 0.789. The van der Waals surface area contributed by atoms with Crippen molar-refractivity contribution < 1.29 is 4.74 Å². The molecule has 0 spiro atoms. The Balaban J connectivity index is 1.78. The SMILES string of the molecule is CN1CCC(c2csc(C3(CN)COC3)n2)C1. The Kier molecular flexibility index (Phi) is 2.94. The van der Waals surface area contributed by atoms with Crippen LogP contribution in [0.15, 0.2) is 5.38 Å². The van der Waals surface area contributed by atoms with Gasteiger partial charge in [0.15, 0.2) is 0 Å². The summed E-state index contributed by atoms with van der Waals surface area (Å²) in [7, 11) is 2.18. The summed E-state index contributed by atoms with van der Waals surface area (Å²) in [6.45, 7) is 4.44. The maximum Gasteiger partial charge on any atom is 0.105 e. The molecule has 2 fully saturated rings. The van der Waals surface area contributed by atoms with Crippen molar-refractivity contribution in [2.45, 2.75) is 17.8 Å². The van der Waals surface area contributed by atoms with E-state index in [9.17, 15) is 0 Å². The lowest BCUT2D eigenvalue weighted by molar-refractivity contribution is -0.0551. The molecular formula is C12H19N3OS. The molecule has 0 aromatic carbocycles. The van der Waals surface area contributed by atoms with Crippen LogP contribution in [0.25, 0.3) is 0 Å². The lowest BCUT2D eigenvalue weighted by Crippen LogP contribution is -2.52. The van der Waals surface area contributed by atoms with E-state index in [1.807, 2.05) is 0 Å². The fourth-order valence-corrected chi connectivity index (χ4v) is 3.66. The number of ether oxygens (including phenoxy) is 1. The van der Waals surface area contributed by atoms with Crippen molar-refractivity contribution in [3.63, 3.8) is 0 Å². The smallest absolute Gasteiger partial charge is 0.105 e. The van der Waals surface area contributed by atoms with E-state index in [-0.39, 0.29) is 5.41 Å². The zero-order chi connectivity index (χ0) is 11.9. The van der Waals surface area contributed by atoms with E-state index >= 15 is 0 Å². The summed E-state index contributed by atoms with van der Waals surface area (Å²) in [5.41, 5.74) is 7.14. The summed E-state index contributed by atoms with van der Waals surface area (Å²) < 4.78 is 5.31. The summed E-state index contributed by atoms with van der Waals surface area (Å²) in [4.78, 5) is 7.19. The molecule has 2 N–H and O–H groups in total. The molecule has 0 saturated carbocycles. The van der Waals surface area contributed by atoms with E-state index in [1.165, 1.54) is 23.7 Å². The minimum Gasteiger partial charge on any atom is -0.379 e. The monoisotopic (exact) mass is 253 g/mol. The molecule has 1 aromatic rings. The van der Waals surface area contributed by atoms with Gasteiger partial charge < -0.3 is 15.4 Å². The van der Waals surface area contributed by atoms with Crippen molar-refractivity contribution in [2.75, 3.05) is 39.9 Å². The number of rotatable bonds is 3. The van der Waals surface area contributed by atoms with Gasteiger partial charge in [-0.05, 0) is 20.0 Å². The molecule has 3 heterocycles. The van der Waals surface area contributed by atoms with Crippen LogP contribution in [0.3, 0.4) is 0 Å². The van der Waals surface area contributed by atoms with Gasteiger partial charge in [-0.2, -0.15) is 0 Å². The van der Waals surface area contributed by atoms with Crippen molar-refractivity contribution >= 4 is 11.3 Å². The molecule has 0 amide bonds. The first-order valence-electron chi connectivity index (χ1n) is 6.16. The minimum absolute atomic E-state index is 0.0213. The van der Waals surface area contributed by atoms with Crippen LogP contribution >= 0.6 is 11.3 Å². The third-order valence-corrected chi connectivity index (χ3v) is 5.04. The van der Waals surface area contributed by atoms with Crippen LogP contribution in [-0.2, 0) is 10.2 Å². The molecule has 2 saturated heterocycles. The maximum atomic E-state index is 5.86. The number of likely N-dealkylation sites (tertiary alicyclic amines) is 1. The molecule has 0 bridgehead atoms. The van der Waals surface area contributed by atoms with E-state index in [0.29, 0.717) is 12.5 Å². The van der Waals surface area contributed by atoms with Crippen molar-refractivity contribution in [3.8, 4) is 0 Å². The maximum absolute atomic E-state index is 5.86. The molecular weight excluding hydrogens is 234 g/mol. The van der Waals surface area contributed by atoms with Gasteiger partial charge in [0.1, 0.15) is 5.01 Å². The van der Waals surface area contributed by atoms with Crippen LogP contribution in [-0.4, -0.2) is 49.8 Å². The first-order chi connectivity index (χ1) is 8.23. The first kappa shape index (κ1) is 11.6. The lowest BCUT2D eigenvalue weighted by atomic mass is 9.87. The second-order valence-electron chi connectivity index (χ2n) is 5.30. The number of hydrogen-bond donors (Lipinski definition) is 1. The number of nitrogens with zero attached hydrogens (tertiary/aromatic N) is 2. The topological polar surface area (TPSA) is 51.4 Å². The lowest BCUT2D eigenvalue weighted by Gasteiger charge is -2.38. The van der Waals surface area contributed by atoms with Gasteiger partial charge in [0.25, 0.3) is 0 Å². The highest BCUT2D eigenvalue weighted by Gasteiger charge is 2.42. The second-order valence-corrected chi connectivity index (χ2v) is 6.16. The molecule has 3 rings (SSSR count). The molecule has 5 heteroatoms. The van der Waals surface area contributed by atoms with Crippen LogP contribution < -0.4 is 5.73 Å². The summed E-state index contributed by atoms with van der Waals surface area (Å²) in [5, 5.41) is 3.39. The standard InChI is InChI=1S/C12H19N3OS/c1-15-3-2-9(4-15)10-5-17-11(14-10)12(6-13)7-16-8-12/h5,9H,2-4,6-8,13H2,1H3. The third-order valence-electron chi connectivity index (χ3n) is 3.93. The average Bonchev–Trinajstić information content (AvgIpc) is 2.86. The molecule has 2 aliphatic rings. The van der Waals surface area contributed by atoms with Crippen LogP contribution in [0.5, 0.6) is 0 Å². The zero-order valence-electron chi connectivity index (χ0n) is 10.2. The van der Waals surface area contributed by atoms with Gasteiger partial charge in [-0.15, -0.1) is 11.3 Å². The highest BCUT2D eigenvalue weighted by atomic mass is 32.1. The van der Waals surface area contributed by atoms with Gasteiger partial charge >= 0.3 is 0 Å². The Morgan fingerprint density at radius 3 is 3.00 bits per heavy atom. The average molecular weight is 253 g/mol. The summed E-state index contributed by atoms with van der Waals surface area (Å²) in [5.74, 6) is 0.612. The van der Waals surface area contributed by atoms with E-state index in [2.05, 4.69) is 17.3 Å². The number of thiazole rings is 1.